The number of hydrogen-bond acceptors (Lipinski definition) is 4. The summed E-state index contributed by atoms with van der Waals surface area (Å²) in [7, 11) is 0. The summed E-state index contributed by atoms with van der Waals surface area (Å²) in [6, 6.07) is 7.22. The van der Waals surface area contributed by atoms with Gasteiger partial charge in [0.05, 0.1) is 11.1 Å². The van der Waals surface area contributed by atoms with Crippen LogP contribution in [0.2, 0.25) is 0 Å². The van der Waals surface area contributed by atoms with Crippen molar-refractivity contribution in [1.82, 2.24) is 0 Å². The van der Waals surface area contributed by atoms with Gasteiger partial charge >= 0.3 is 11.9 Å². The first-order valence-electron chi connectivity index (χ1n) is 18.5. The molecule has 4 fully saturated rings. The van der Waals surface area contributed by atoms with E-state index < -0.39 is 0 Å². The lowest BCUT2D eigenvalue weighted by atomic mass is 9.59. The largest absolute Gasteiger partial charge is 0.458 e. The second-order valence-corrected chi connectivity index (χ2v) is 16.8. The van der Waals surface area contributed by atoms with Crippen molar-refractivity contribution in [2.24, 2.45) is 46.3 Å². The molecular formula is C40H62O4. The first kappa shape index (κ1) is 33.5. The Morgan fingerprint density at radius 2 is 0.932 bits per heavy atom. The zero-order valence-corrected chi connectivity index (χ0v) is 28.9. The van der Waals surface area contributed by atoms with E-state index in [2.05, 4.69) is 41.5 Å². The van der Waals surface area contributed by atoms with Crippen LogP contribution in [-0.4, -0.2) is 24.1 Å². The highest BCUT2D eigenvalue weighted by Crippen LogP contribution is 2.51. The van der Waals surface area contributed by atoms with E-state index in [-0.39, 0.29) is 35.0 Å². The molecule has 0 N–H and O–H groups in total. The van der Waals surface area contributed by atoms with Crippen LogP contribution in [-0.2, 0) is 9.47 Å². The number of ether oxygens (including phenoxy) is 2. The average Bonchev–Trinajstić information content (AvgIpc) is 3.01. The molecular weight excluding hydrogens is 544 g/mol. The number of rotatable bonds is 8. The Kier molecular flexibility index (Phi) is 10.9. The van der Waals surface area contributed by atoms with Crippen LogP contribution in [0, 0.1) is 46.3 Å². The maximum absolute atomic E-state index is 13.9. The van der Waals surface area contributed by atoms with E-state index in [0.29, 0.717) is 46.6 Å². The van der Waals surface area contributed by atoms with Gasteiger partial charge in [0.15, 0.2) is 0 Å². The first-order valence-corrected chi connectivity index (χ1v) is 18.5. The van der Waals surface area contributed by atoms with Crippen molar-refractivity contribution in [3.8, 4) is 0 Å². The van der Waals surface area contributed by atoms with Crippen LogP contribution >= 0.6 is 0 Å². The minimum atomic E-state index is -0.364. The Morgan fingerprint density at radius 3 is 1.30 bits per heavy atom. The van der Waals surface area contributed by atoms with Gasteiger partial charge in [-0.05, 0) is 98.0 Å². The molecule has 4 saturated carbocycles. The SMILES string of the molecule is C[C@@H]1CC[C@@H](C(C)(C)C2CCCCC2)[C@H](OC(=O)c2ccccc2C(=O)O[C@@H]2C[C@H](C)CC[C@H]2C(C)(C)C2CCCCC2)C1. The van der Waals surface area contributed by atoms with Gasteiger partial charge < -0.3 is 9.47 Å². The van der Waals surface area contributed by atoms with Crippen LogP contribution in [0.25, 0.3) is 0 Å². The molecule has 1 aromatic carbocycles. The van der Waals surface area contributed by atoms with Gasteiger partial charge in [-0.15, -0.1) is 0 Å². The Labute approximate surface area is 268 Å². The molecule has 0 aliphatic heterocycles. The highest BCUT2D eigenvalue weighted by molar-refractivity contribution is 6.03. The number of esters is 2. The third-order valence-corrected chi connectivity index (χ3v) is 13.2. The van der Waals surface area contributed by atoms with Gasteiger partial charge in [0.1, 0.15) is 12.2 Å². The fourth-order valence-electron chi connectivity index (χ4n) is 10.2. The Morgan fingerprint density at radius 1 is 0.568 bits per heavy atom. The van der Waals surface area contributed by atoms with Gasteiger partial charge in [-0.25, -0.2) is 9.59 Å². The van der Waals surface area contributed by atoms with E-state index in [4.69, 9.17) is 9.47 Å². The topological polar surface area (TPSA) is 52.6 Å². The van der Waals surface area contributed by atoms with Crippen molar-refractivity contribution in [2.45, 2.75) is 156 Å². The minimum Gasteiger partial charge on any atom is -0.458 e. The van der Waals surface area contributed by atoms with Crippen molar-refractivity contribution in [1.29, 1.82) is 0 Å². The molecule has 0 amide bonds. The van der Waals surface area contributed by atoms with E-state index in [0.717, 1.165) is 25.7 Å². The summed E-state index contributed by atoms with van der Waals surface area (Å²) >= 11 is 0. The van der Waals surface area contributed by atoms with Crippen LogP contribution in [0.1, 0.15) is 165 Å². The van der Waals surface area contributed by atoms with Crippen molar-refractivity contribution in [2.75, 3.05) is 0 Å². The fraction of sp³-hybridized carbons (Fsp3) is 0.800. The molecule has 4 aliphatic carbocycles. The van der Waals surface area contributed by atoms with Crippen molar-refractivity contribution >= 4 is 11.9 Å². The summed E-state index contributed by atoms with van der Waals surface area (Å²) in [5, 5.41) is 0. The molecule has 6 atom stereocenters. The second-order valence-electron chi connectivity index (χ2n) is 16.8. The summed E-state index contributed by atoms with van der Waals surface area (Å²) < 4.78 is 12.9. The third kappa shape index (κ3) is 7.41. The predicted molar refractivity (Wildman–Crippen MR) is 179 cm³/mol. The molecule has 1 aromatic rings. The number of hydrogen-bond donors (Lipinski definition) is 0. The van der Waals surface area contributed by atoms with Gasteiger partial charge in [-0.1, -0.05) is 105 Å². The molecule has 0 spiro atoms. The van der Waals surface area contributed by atoms with E-state index >= 15 is 0 Å². The quantitative estimate of drug-likeness (QED) is 0.276. The lowest BCUT2D eigenvalue weighted by Gasteiger charge is -2.48. The molecule has 0 bridgehead atoms. The molecule has 0 radical (unpaired) electrons. The number of carbonyl (C=O) groups excluding carboxylic acids is 2. The Hall–Kier alpha value is -1.84. The molecule has 0 saturated heterocycles. The maximum atomic E-state index is 13.9. The standard InChI is InChI=1S/C40H62O4/c1-27-21-23-33(39(3,4)29-15-9-7-10-16-29)35(25-27)43-37(41)31-19-13-14-20-32(31)38(42)44-36-26-28(2)22-24-34(36)40(5,6)30-17-11-8-12-18-30/h13-14,19-20,27-30,33-36H,7-12,15-18,21-26H2,1-6H3/t27-,28-,33-,34-,35-,36-/m1/s1. The maximum Gasteiger partial charge on any atom is 0.339 e. The third-order valence-electron chi connectivity index (χ3n) is 13.2. The van der Waals surface area contributed by atoms with E-state index in [9.17, 15) is 9.59 Å². The molecule has 246 valence electrons. The van der Waals surface area contributed by atoms with Crippen LogP contribution < -0.4 is 0 Å². The van der Waals surface area contributed by atoms with E-state index in [1.807, 2.05) is 12.1 Å². The second kappa shape index (κ2) is 14.3. The van der Waals surface area contributed by atoms with Crippen LogP contribution in [0.5, 0.6) is 0 Å². The number of benzene rings is 1. The van der Waals surface area contributed by atoms with Crippen LogP contribution in [0.3, 0.4) is 0 Å². The summed E-state index contributed by atoms with van der Waals surface area (Å²) in [5.41, 5.74) is 0.970. The molecule has 4 heteroatoms. The smallest absolute Gasteiger partial charge is 0.339 e. The van der Waals surface area contributed by atoms with Gasteiger partial charge in [-0.3, -0.25) is 0 Å². The lowest BCUT2D eigenvalue weighted by Crippen LogP contribution is -2.45. The van der Waals surface area contributed by atoms with E-state index in [1.54, 1.807) is 12.1 Å². The van der Waals surface area contributed by atoms with Crippen LogP contribution in [0.15, 0.2) is 24.3 Å². The van der Waals surface area contributed by atoms with Gasteiger partial charge in [-0.2, -0.15) is 0 Å². The predicted octanol–water partition coefficient (Wildman–Crippen LogP) is 10.8. The lowest BCUT2D eigenvalue weighted by molar-refractivity contribution is -0.0634. The van der Waals surface area contributed by atoms with Gasteiger partial charge in [0.25, 0.3) is 0 Å². The normalized spacial score (nSPS) is 31.3. The monoisotopic (exact) mass is 606 g/mol. The summed E-state index contributed by atoms with van der Waals surface area (Å²) in [4.78, 5) is 27.9. The zero-order valence-electron chi connectivity index (χ0n) is 28.9. The summed E-state index contributed by atoms with van der Waals surface area (Å²) in [6.45, 7) is 14.3. The van der Waals surface area contributed by atoms with Crippen LogP contribution in [0.4, 0.5) is 0 Å². The molecule has 44 heavy (non-hydrogen) atoms. The molecule has 4 aliphatic rings. The zero-order chi connectivity index (χ0) is 31.5. The number of carbonyl (C=O) groups is 2. The molecule has 0 aromatic heterocycles. The van der Waals surface area contributed by atoms with Gasteiger partial charge in [0.2, 0.25) is 0 Å². The Balaban J connectivity index is 1.32. The highest BCUT2D eigenvalue weighted by atomic mass is 16.6. The minimum absolute atomic E-state index is 0.118. The Bertz CT molecular complexity index is 1020. The first-order chi connectivity index (χ1) is 21.0. The molecule has 0 heterocycles. The molecule has 4 nitrogen and oxygen atoms in total. The average molecular weight is 607 g/mol. The van der Waals surface area contributed by atoms with Gasteiger partial charge in [0, 0.05) is 11.8 Å². The van der Waals surface area contributed by atoms with E-state index in [1.165, 1.54) is 77.0 Å². The summed E-state index contributed by atoms with van der Waals surface area (Å²) in [5.74, 6) is 2.39. The molecule has 5 rings (SSSR count). The highest BCUT2D eigenvalue weighted by Gasteiger charge is 2.47. The van der Waals surface area contributed by atoms with Crippen molar-refractivity contribution in [3.63, 3.8) is 0 Å². The fourth-order valence-corrected chi connectivity index (χ4v) is 10.2. The summed E-state index contributed by atoms with van der Waals surface area (Å²) in [6.07, 6.45) is 19.2. The van der Waals surface area contributed by atoms with Crippen molar-refractivity contribution < 1.29 is 19.1 Å². The van der Waals surface area contributed by atoms with Crippen molar-refractivity contribution in [3.05, 3.63) is 35.4 Å². The molecule has 0 unspecified atom stereocenters.